The molecule has 4 nitrogen and oxygen atoms in total. The van der Waals surface area contributed by atoms with Gasteiger partial charge in [0.05, 0.1) is 16.9 Å². The predicted molar refractivity (Wildman–Crippen MR) is 63.8 cm³/mol. The van der Waals surface area contributed by atoms with Crippen molar-refractivity contribution in [2.45, 2.75) is 18.1 Å². The van der Waals surface area contributed by atoms with Gasteiger partial charge in [-0.15, -0.1) is 0 Å². The molecule has 1 aromatic carbocycles. The number of aliphatic hydroxyl groups is 1. The zero-order valence-electron chi connectivity index (χ0n) is 10.5. The summed E-state index contributed by atoms with van der Waals surface area (Å²) in [6.07, 6.45) is -11.0. The molecule has 1 aliphatic heterocycles. The SMILES string of the molecule is O=C(C1=CNc2ccccc2NC1(O)C(F)(F)F)C(F)(F)F. The number of carbonyl (C=O) groups is 1. The molecule has 10 heteroatoms. The lowest BCUT2D eigenvalue weighted by Gasteiger charge is -2.32. The molecular formula is C12H8F6N2O2. The van der Waals surface area contributed by atoms with Gasteiger partial charge in [-0.25, -0.2) is 0 Å². The quantitative estimate of drug-likeness (QED) is 0.695. The maximum atomic E-state index is 13.1. The molecule has 0 aromatic heterocycles. The Labute approximate surface area is 119 Å². The summed E-state index contributed by atoms with van der Waals surface area (Å²) >= 11 is 0. The van der Waals surface area contributed by atoms with Crippen molar-refractivity contribution in [1.82, 2.24) is 0 Å². The average Bonchev–Trinajstić information content (AvgIpc) is 2.52. The summed E-state index contributed by atoms with van der Waals surface area (Å²) in [5.74, 6) is -2.81. The Morgan fingerprint density at radius 1 is 1.05 bits per heavy atom. The van der Waals surface area contributed by atoms with Crippen molar-refractivity contribution >= 4 is 17.2 Å². The van der Waals surface area contributed by atoms with E-state index in [4.69, 9.17) is 0 Å². The van der Waals surface area contributed by atoms with Crippen LogP contribution in [-0.2, 0) is 4.79 Å². The number of halogens is 6. The average molecular weight is 326 g/mol. The Morgan fingerprint density at radius 3 is 2.09 bits per heavy atom. The van der Waals surface area contributed by atoms with E-state index in [1.807, 2.05) is 0 Å². The van der Waals surface area contributed by atoms with Crippen LogP contribution >= 0.6 is 0 Å². The van der Waals surface area contributed by atoms with E-state index in [2.05, 4.69) is 5.32 Å². The molecule has 1 aromatic rings. The number of anilines is 2. The van der Waals surface area contributed by atoms with Crippen LogP contribution < -0.4 is 10.6 Å². The van der Waals surface area contributed by atoms with Crippen LogP contribution in [0.1, 0.15) is 0 Å². The molecule has 0 fully saturated rings. The Hall–Kier alpha value is -2.23. The second-order valence-electron chi connectivity index (χ2n) is 4.41. The highest BCUT2D eigenvalue weighted by atomic mass is 19.4. The molecular weight excluding hydrogens is 318 g/mol. The van der Waals surface area contributed by atoms with Crippen molar-refractivity contribution in [3.63, 3.8) is 0 Å². The summed E-state index contributed by atoms with van der Waals surface area (Å²) in [5.41, 5.74) is -6.43. The normalized spacial score (nSPS) is 21.9. The number of alkyl halides is 6. The van der Waals surface area contributed by atoms with E-state index in [9.17, 15) is 36.2 Å². The number of nitrogens with one attached hydrogen (secondary N) is 2. The monoisotopic (exact) mass is 326 g/mol. The van der Waals surface area contributed by atoms with Crippen LogP contribution in [0.4, 0.5) is 37.7 Å². The van der Waals surface area contributed by atoms with Gasteiger partial charge in [-0.3, -0.25) is 4.79 Å². The Balaban J connectivity index is 2.61. The molecule has 0 amide bonds. The molecule has 0 aliphatic carbocycles. The van der Waals surface area contributed by atoms with Crippen molar-refractivity contribution in [1.29, 1.82) is 0 Å². The number of fused-ring (bicyclic) bond motifs is 1. The van der Waals surface area contributed by atoms with E-state index in [1.54, 1.807) is 5.32 Å². The molecule has 1 heterocycles. The van der Waals surface area contributed by atoms with Crippen LogP contribution in [0.2, 0.25) is 0 Å². The molecule has 0 saturated heterocycles. The number of ketones is 1. The Kier molecular flexibility index (Phi) is 3.60. The molecule has 0 bridgehead atoms. The van der Waals surface area contributed by atoms with Crippen LogP contribution in [0.3, 0.4) is 0 Å². The molecule has 0 spiro atoms. The van der Waals surface area contributed by atoms with Gasteiger partial charge in [-0.2, -0.15) is 26.3 Å². The number of para-hydroxylation sites is 2. The van der Waals surface area contributed by atoms with E-state index < -0.39 is 29.4 Å². The Bertz CT molecular complexity index is 637. The van der Waals surface area contributed by atoms with Crippen molar-refractivity contribution in [3.8, 4) is 0 Å². The van der Waals surface area contributed by atoms with Gasteiger partial charge in [0.25, 0.3) is 11.5 Å². The molecule has 3 N–H and O–H groups in total. The van der Waals surface area contributed by atoms with E-state index >= 15 is 0 Å². The smallest absolute Gasteiger partial charge is 0.360 e. The highest BCUT2D eigenvalue weighted by Crippen LogP contribution is 2.42. The first-order chi connectivity index (χ1) is 9.97. The highest BCUT2D eigenvalue weighted by Gasteiger charge is 2.62. The molecule has 2 rings (SSSR count). The number of rotatable bonds is 1. The van der Waals surface area contributed by atoms with Crippen LogP contribution in [0.25, 0.3) is 0 Å². The summed E-state index contributed by atoms with van der Waals surface area (Å²) < 4.78 is 76.8. The van der Waals surface area contributed by atoms with Crippen LogP contribution in [0.15, 0.2) is 36.0 Å². The largest absolute Gasteiger partial charge is 0.454 e. The van der Waals surface area contributed by atoms with Gasteiger partial charge >= 0.3 is 12.4 Å². The number of hydrogen-bond acceptors (Lipinski definition) is 4. The third kappa shape index (κ3) is 2.61. The minimum Gasteiger partial charge on any atom is -0.360 e. The van der Waals surface area contributed by atoms with E-state index in [0.717, 1.165) is 6.07 Å². The van der Waals surface area contributed by atoms with Gasteiger partial charge in [0.2, 0.25) is 0 Å². The van der Waals surface area contributed by atoms with Crippen molar-refractivity contribution < 1.29 is 36.2 Å². The highest BCUT2D eigenvalue weighted by molar-refractivity contribution is 6.03. The maximum Gasteiger partial charge on any atom is 0.454 e. The maximum absolute atomic E-state index is 13.1. The molecule has 1 atom stereocenters. The van der Waals surface area contributed by atoms with Crippen LogP contribution in [0, 0.1) is 0 Å². The van der Waals surface area contributed by atoms with Gasteiger partial charge in [0, 0.05) is 6.20 Å². The first-order valence-corrected chi connectivity index (χ1v) is 5.72. The molecule has 120 valence electrons. The van der Waals surface area contributed by atoms with Crippen molar-refractivity contribution in [2.75, 3.05) is 10.6 Å². The fourth-order valence-corrected chi connectivity index (χ4v) is 1.84. The first kappa shape index (κ1) is 16.1. The fraction of sp³-hybridized carbons (Fsp3) is 0.250. The van der Waals surface area contributed by atoms with E-state index in [-0.39, 0.29) is 17.6 Å². The summed E-state index contributed by atoms with van der Waals surface area (Å²) in [5, 5.41) is 13.5. The van der Waals surface area contributed by atoms with Gasteiger partial charge in [-0.05, 0) is 12.1 Å². The summed E-state index contributed by atoms with van der Waals surface area (Å²) in [7, 11) is 0. The van der Waals surface area contributed by atoms with Crippen molar-refractivity contribution in [3.05, 3.63) is 36.0 Å². The molecule has 0 radical (unpaired) electrons. The lowest BCUT2D eigenvalue weighted by molar-refractivity contribution is -0.235. The third-order valence-electron chi connectivity index (χ3n) is 2.92. The van der Waals surface area contributed by atoms with Gasteiger partial charge < -0.3 is 15.7 Å². The van der Waals surface area contributed by atoms with E-state index in [0.29, 0.717) is 0 Å². The standard InChI is InChI=1S/C12H8F6N2O2/c13-11(14,15)9(21)6-5-19-7-3-1-2-4-8(7)20-10(6,22)12(16,17)18/h1-5,19-20,22H. The lowest BCUT2D eigenvalue weighted by Crippen LogP contribution is -2.56. The second kappa shape index (κ2) is 4.90. The lowest BCUT2D eigenvalue weighted by atomic mass is 9.98. The minimum atomic E-state index is -5.58. The van der Waals surface area contributed by atoms with E-state index in [1.165, 1.54) is 18.2 Å². The Morgan fingerprint density at radius 2 is 1.59 bits per heavy atom. The molecule has 0 saturated carbocycles. The zero-order chi connectivity index (χ0) is 16.8. The zero-order valence-corrected chi connectivity index (χ0v) is 10.5. The summed E-state index contributed by atoms with van der Waals surface area (Å²) in [6.45, 7) is 0. The summed E-state index contributed by atoms with van der Waals surface area (Å²) in [4.78, 5) is 11.3. The number of benzene rings is 1. The number of Topliss-reactive ketones (excluding diaryl/α,β-unsaturated/α-hetero) is 1. The minimum absolute atomic E-state index is 0.0323. The van der Waals surface area contributed by atoms with Crippen LogP contribution in [0.5, 0.6) is 0 Å². The number of carbonyl (C=O) groups excluding carboxylic acids is 1. The van der Waals surface area contributed by atoms with Gasteiger partial charge in [-0.1, -0.05) is 12.1 Å². The predicted octanol–water partition coefficient (Wildman–Crippen LogP) is 2.79. The topological polar surface area (TPSA) is 61.4 Å². The number of hydrogen-bond donors (Lipinski definition) is 3. The third-order valence-corrected chi connectivity index (χ3v) is 2.92. The van der Waals surface area contributed by atoms with Crippen LogP contribution in [-0.4, -0.2) is 29.0 Å². The first-order valence-electron chi connectivity index (χ1n) is 5.72. The van der Waals surface area contributed by atoms with Gasteiger partial charge in [0.15, 0.2) is 0 Å². The van der Waals surface area contributed by atoms with Crippen molar-refractivity contribution in [2.24, 2.45) is 0 Å². The van der Waals surface area contributed by atoms with Gasteiger partial charge in [0.1, 0.15) is 0 Å². The summed E-state index contributed by atoms with van der Waals surface area (Å²) in [6, 6.07) is 5.08. The second-order valence-corrected chi connectivity index (χ2v) is 4.41. The molecule has 22 heavy (non-hydrogen) atoms. The molecule has 1 aliphatic rings. The fourth-order valence-electron chi connectivity index (χ4n) is 1.84. The molecule has 1 unspecified atom stereocenters.